The zero-order valence-electron chi connectivity index (χ0n) is 10.6. The Kier molecular flexibility index (Phi) is 4.35. The van der Waals surface area contributed by atoms with Crippen LogP contribution < -0.4 is 5.73 Å². The third-order valence-electron chi connectivity index (χ3n) is 3.46. The van der Waals surface area contributed by atoms with E-state index in [2.05, 4.69) is 19.1 Å². The van der Waals surface area contributed by atoms with E-state index in [4.69, 9.17) is 10.5 Å². The van der Waals surface area contributed by atoms with Crippen LogP contribution in [0.4, 0.5) is 5.69 Å². The van der Waals surface area contributed by atoms with Gasteiger partial charge in [-0.15, -0.1) is 11.8 Å². The van der Waals surface area contributed by atoms with Gasteiger partial charge < -0.3 is 10.5 Å². The van der Waals surface area contributed by atoms with Gasteiger partial charge in [0, 0.05) is 22.9 Å². The molecule has 1 aromatic carbocycles. The van der Waals surface area contributed by atoms with Gasteiger partial charge in [0.05, 0.1) is 6.10 Å². The second kappa shape index (κ2) is 5.78. The third kappa shape index (κ3) is 3.39. The summed E-state index contributed by atoms with van der Waals surface area (Å²) >= 11 is 1.97. The van der Waals surface area contributed by atoms with Crippen LogP contribution in [0.1, 0.15) is 31.2 Å². The van der Waals surface area contributed by atoms with Gasteiger partial charge >= 0.3 is 0 Å². The SMILES string of the molecule is COC1CCCC(Sc2ccc(N)c(C)c2)C1. The number of thioether (sulfide) groups is 1. The second-order valence-electron chi connectivity index (χ2n) is 4.78. The summed E-state index contributed by atoms with van der Waals surface area (Å²) in [6, 6.07) is 6.33. The molecule has 2 N–H and O–H groups in total. The lowest BCUT2D eigenvalue weighted by atomic mass is 9.97. The molecule has 94 valence electrons. The summed E-state index contributed by atoms with van der Waals surface area (Å²) in [6.45, 7) is 2.07. The molecule has 3 heteroatoms. The van der Waals surface area contributed by atoms with Crippen LogP contribution in [0.2, 0.25) is 0 Å². The van der Waals surface area contributed by atoms with E-state index in [0.29, 0.717) is 11.4 Å². The van der Waals surface area contributed by atoms with Crippen molar-refractivity contribution < 1.29 is 4.74 Å². The van der Waals surface area contributed by atoms with Gasteiger partial charge in [-0.3, -0.25) is 0 Å². The molecule has 0 bridgehead atoms. The number of nitrogen functional groups attached to an aromatic ring is 1. The number of methoxy groups -OCH3 is 1. The summed E-state index contributed by atoms with van der Waals surface area (Å²) in [5.41, 5.74) is 7.89. The summed E-state index contributed by atoms with van der Waals surface area (Å²) in [6.07, 6.45) is 5.42. The molecule has 0 heterocycles. The van der Waals surface area contributed by atoms with Crippen LogP contribution in [0.25, 0.3) is 0 Å². The first-order valence-corrected chi connectivity index (χ1v) is 7.12. The van der Waals surface area contributed by atoms with Crippen LogP contribution in [0.5, 0.6) is 0 Å². The lowest BCUT2D eigenvalue weighted by Gasteiger charge is -2.27. The van der Waals surface area contributed by atoms with E-state index in [1.54, 1.807) is 0 Å². The largest absolute Gasteiger partial charge is 0.399 e. The second-order valence-corrected chi connectivity index (χ2v) is 6.16. The molecule has 17 heavy (non-hydrogen) atoms. The van der Waals surface area contributed by atoms with Crippen LogP contribution in [0.3, 0.4) is 0 Å². The molecule has 0 radical (unpaired) electrons. The monoisotopic (exact) mass is 251 g/mol. The zero-order valence-corrected chi connectivity index (χ0v) is 11.4. The summed E-state index contributed by atoms with van der Waals surface area (Å²) in [5.74, 6) is 0. The zero-order chi connectivity index (χ0) is 12.3. The molecular weight excluding hydrogens is 230 g/mol. The standard InChI is InChI=1S/C14H21NOS/c1-10-8-13(6-7-14(10)15)17-12-5-3-4-11(9-12)16-2/h6-8,11-12H,3-5,9,15H2,1-2H3. The van der Waals surface area contributed by atoms with E-state index in [-0.39, 0.29) is 0 Å². The number of aryl methyl sites for hydroxylation is 1. The predicted molar refractivity (Wildman–Crippen MR) is 74.5 cm³/mol. The van der Waals surface area contributed by atoms with E-state index < -0.39 is 0 Å². The first-order valence-electron chi connectivity index (χ1n) is 6.24. The molecular formula is C14H21NOS. The fourth-order valence-corrected chi connectivity index (χ4v) is 3.71. The highest BCUT2D eigenvalue weighted by Gasteiger charge is 2.22. The molecule has 0 saturated heterocycles. The molecule has 0 aliphatic heterocycles. The van der Waals surface area contributed by atoms with Crippen molar-refractivity contribution in [3.63, 3.8) is 0 Å². The Morgan fingerprint density at radius 3 is 2.88 bits per heavy atom. The Hall–Kier alpha value is -0.670. The maximum atomic E-state index is 5.84. The van der Waals surface area contributed by atoms with E-state index in [0.717, 1.165) is 5.69 Å². The number of anilines is 1. The third-order valence-corrected chi connectivity index (χ3v) is 4.74. The fraction of sp³-hybridized carbons (Fsp3) is 0.571. The van der Waals surface area contributed by atoms with Gasteiger partial charge in [0.1, 0.15) is 0 Å². The predicted octanol–water partition coefficient (Wildman–Crippen LogP) is 3.63. The topological polar surface area (TPSA) is 35.2 Å². The summed E-state index contributed by atoms with van der Waals surface area (Å²) < 4.78 is 5.47. The number of hydrogen-bond donors (Lipinski definition) is 1. The average molecular weight is 251 g/mol. The first kappa shape index (κ1) is 12.8. The normalized spacial score (nSPS) is 24.8. The minimum Gasteiger partial charge on any atom is -0.399 e. The highest BCUT2D eigenvalue weighted by Crippen LogP contribution is 2.35. The van der Waals surface area contributed by atoms with E-state index in [9.17, 15) is 0 Å². The maximum Gasteiger partial charge on any atom is 0.0582 e. The Morgan fingerprint density at radius 1 is 1.35 bits per heavy atom. The minimum atomic E-state index is 0.455. The van der Waals surface area contributed by atoms with Crippen LogP contribution in [0, 0.1) is 6.92 Å². The molecule has 2 nitrogen and oxygen atoms in total. The Bertz CT molecular complexity index is 380. The van der Waals surface area contributed by atoms with Gasteiger partial charge in [0.25, 0.3) is 0 Å². The molecule has 0 spiro atoms. The van der Waals surface area contributed by atoms with E-state index in [1.807, 2.05) is 24.9 Å². The van der Waals surface area contributed by atoms with E-state index in [1.165, 1.54) is 36.1 Å². The molecule has 1 aromatic rings. The first-order chi connectivity index (χ1) is 8.19. The lowest BCUT2D eigenvalue weighted by molar-refractivity contribution is 0.0730. The van der Waals surface area contributed by atoms with Gasteiger partial charge in [0.15, 0.2) is 0 Å². The average Bonchev–Trinajstić information content (AvgIpc) is 2.34. The number of nitrogens with two attached hydrogens (primary N) is 1. The minimum absolute atomic E-state index is 0.455. The van der Waals surface area contributed by atoms with Crippen LogP contribution in [-0.2, 0) is 4.74 Å². The van der Waals surface area contributed by atoms with Crippen molar-refractivity contribution in [2.24, 2.45) is 0 Å². The highest BCUT2D eigenvalue weighted by molar-refractivity contribution is 8.00. The van der Waals surface area contributed by atoms with Crippen molar-refractivity contribution in [2.75, 3.05) is 12.8 Å². The van der Waals surface area contributed by atoms with Gasteiger partial charge in [0.2, 0.25) is 0 Å². The van der Waals surface area contributed by atoms with Gasteiger partial charge in [-0.05, 0) is 56.4 Å². The quantitative estimate of drug-likeness (QED) is 0.833. The van der Waals surface area contributed by atoms with Crippen molar-refractivity contribution in [1.29, 1.82) is 0 Å². The van der Waals surface area contributed by atoms with Gasteiger partial charge in [-0.1, -0.05) is 0 Å². The molecule has 1 saturated carbocycles. The van der Waals surface area contributed by atoms with Gasteiger partial charge in [-0.25, -0.2) is 0 Å². The van der Waals surface area contributed by atoms with Gasteiger partial charge in [-0.2, -0.15) is 0 Å². The van der Waals surface area contributed by atoms with Crippen LogP contribution in [0.15, 0.2) is 23.1 Å². The lowest BCUT2D eigenvalue weighted by Crippen LogP contribution is -2.23. The van der Waals surface area contributed by atoms with Crippen LogP contribution >= 0.6 is 11.8 Å². The molecule has 2 unspecified atom stereocenters. The molecule has 1 aliphatic rings. The highest BCUT2D eigenvalue weighted by atomic mass is 32.2. The molecule has 0 amide bonds. The molecule has 2 atom stereocenters. The van der Waals surface area contributed by atoms with Crippen molar-refractivity contribution in [1.82, 2.24) is 0 Å². The molecule has 0 aromatic heterocycles. The Morgan fingerprint density at radius 2 is 2.18 bits per heavy atom. The number of hydrogen-bond acceptors (Lipinski definition) is 3. The number of benzene rings is 1. The summed E-state index contributed by atoms with van der Waals surface area (Å²) in [7, 11) is 1.82. The molecule has 1 fully saturated rings. The fourth-order valence-electron chi connectivity index (χ4n) is 2.34. The number of rotatable bonds is 3. The van der Waals surface area contributed by atoms with Crippen molar-refractivity contribution in [2.45, 2.75) is 48.9 Å². The van der Waals surface area contributed by atoms with Crippen molar-refractivity contribution >= 4 is 17.4 Å². The summed E-state index contributed by atoms with van der Waals surface area (Å²) in [4.78, 5) is 1.33. The number of ether oxygens (including phenoxy) is 1. The Balaban J connectivity index is 1.97. The molecule has 1 aliphatic carbocycles. The van der Waals surface area contributed by atoms with E-state index >= 15 is 0 Å². The van der Waals surface area contributed by atoms with Crippen LogP contribution in [-0.4, -0.2) is 18.5 Å². The molecule has 2 rings (SSSR count). The smallest absolute Gasteiger partial charge is 0.0582 e. The Labute approximate surface area is 108 Å². The maximum absolute atomic E-state index is 5.84. The van der Waals surface area contributed by atoms with Crippen molar-refractivity contribution in [3.8, 4) is 0 Å². The summed E-state index contributed by atoms with van der Waals surface area (Å²) in [5, 5.41) is 0.691. The van der Waals surface area contributed by atoms with Crippen molar-refractivity contribution in [3.05, 3.63) is 23.8 Å².